The Morgan fingerprint density at radius 1 is 1.43 bits per heavy atom. The van der Waals surface area contributed by atoms with E-state index in [4.69, 9.17) is 10.8 Å². The zero-order valence-electron chi connectivity index (χ0n) is 7.25. The van der Waals surface area contributed by atoms with Gasteiger partial charge >= 0.3 is 0 Å². The first-order valence-electron chi connectivity index (χ1n) is 3.97. The highest BCUT2D eigenvalue weighted by atomic mass is 19.3. The molecule has 0 aromatic heterocycles. The average Bonchev–Trinajstić information content (AvgIpc) is 2.16. The summed E-state index contributed by atoms with van der Waals surface area (Å²) in [5.74, 6) is -4.07. The van der Waals surface area contributed by atoms with E-state index in [-0.39, 0.29) is 5.56 Å². The molecule has 0 aliphatic carbocycles. The molecule has 14 heavy (non-hydrogen) atoms. The lowest BCUT2D eigenvalue weighted by molar-refractivity contribution is -0.0712. The fourth-order valence-electron chi connectivity index (χ4n) is 1.04. The minimum absolute atomic E-state index is 0.0379. The lowest BCUT2D eigenvalue weighted by Crippen LogP contribution is -2.36. The molecule has 0 aliphatic heterocycles. The maximum absolute atomic E-state index is 12.9. The molecule has 1 rings (SSSR count). The Balaban J connectivity index is 2.94. The molecule has 0 heterocycles. The number of hydrogen-bond acceptors (Lipinski definition) is 2. The van der Waals surface area contributed by atoms with Crippen molar-refractivity contribution in [2.75, 3.05) is 6.61 Å². The molecule has 1 aromatic carbocycles. The Bertz CT molecular complexity index is 317. The largest absolute Gasteiger partial charge is 0.390 e. The fraction of sp³-hybridized carbons (Fsp3) is 0.333. The molecule has 0 unspecified atom stereocenters. The maximum Gasteiger partial charge on any atom is 0.289 e. The summed E-state index contributed by atoms with van der Waals surface area (Å²) in [7, 11) is 0. The van der Waals surface area contributed by atoms with E-state index < -0.39 is 24.4 Å². The molecule has 78 valence electrons. The number of rotatable bonds is 3. The molecule has 0 bridgehead atoms. The second-order valence-corrected chi connectivity index (χ2v) is 2.95. The molecule has 1 aromatic rings. The van der Waals surface area contributed by atoms with E-state index >= 15 is 0 Å². The third-order valence-electron chi connectivity index (χ3n) is 1.87. The van der Waals surface area contributed by atoms with E-state index in [1.165, 1.54) is 12.1 Å². The summed E-state index contributed by atoms with van der Waals surface area (Å²) in [5.41, 5.74) is 5.14. The Kier molecular flexibility index (Phi) is 3.13. The van der Waals surface area contributed by atoms with Crippen molar-refractivity contribution in [3.63, 3.8) is 0 Å². The number of aliphatic hydroxyl groups excluding tert-OH is 1. The molecule has 0 saturated carbocycles. The summed E-state index contributed by atoms with van der Waals surface area (Å²) in [6.45, 7) is -1.36. The zero-order valence-corrected chi connectivity index (χ0v) is 7.25. The summed E-state index contributed by atoms with van der Waals surface area (Å²) in [5, 5.41) is 8.37. The van der Waals surface area contributed by atoms with Gasteiger partial charge in [-0.3, -0.25) is 0 Å². The van der Waals surface area contributed by atoms with Crippen LogP contribution < -0.4 is 5.73 Å². The molecule has 0 amide bonds. The summed E-state index contributed by atoms with van der Waals surface area (Å²) in [4.78, 5) is 0. The number of benzene rings is 1. The van der Waals surface area contributed by atoms with Gasteiger partial charge in [0.25, 0.3) is 5.92 Å². The van der Waals surface area contributed by atoms with Crippen molar-refractivity contribution in [1.82, 2.24) is 0 Å². The van der Waals surface area contributed by atoms with Crippen LogP contribution >= 0.6 is 0 Å². The van der Waals surface area contributed by atoms with Crippen molar-refractivity contribution in [3.05, 3.63) is 35.6 Å². The van der Waals surface area contributed by atoms with Crippen molar-refractivity contribution in [2.45, 2.75) is 12.0 Å². The molecule has 0 spiro atoms. The van der Waals surface area contributed by atoms with Crippen molar-refractivity contribution in [3.8, 4) is 0 Å². The van der Waals surface area contributed by atoms with Crippen LogP contribution in [0.5, 0.6) is 0 Å². The number of alkyl halides is 2. The first-order valence-corrected chi connectivity index (χ1v) is 3.97. The van der Waals surface area contributed by atoms with Gasteiger partial charge in [0.05, 0.1) is 6.04 Å². The second kappa shape index (κ2) is 3.98. The van der Waals surface area contributed by atoms with Crippen LogP contribution in [0.15, 0.2) is 24.3 Å². The zero-order chi connectivity index (χ0) is 10.8. The Morgan fingerprint density at radius 3 is 2.57 bits per heavy atom. The molecule has 1 atom stereocenters. The van der Waals surface area contributed by atoms with Gasteiger partial charge in [0, 0.05) is 0 Å². The van der Waals surface area contributed by atoms with Gasteiger partial charge in [-0.2, -0.15) is 0 Å². The van der Waals surface area contributed by atoms with Gasteiger partial charge in [0.1, 0.15) is 12.4 Å². The molecule has 0 radical (unpaired) electrons. The van der Waals surface area contributed by atoms with Crippen molar-refractivity contribution in [2.24, 2.45) is 5.73 Å². The van der Waals surface area contributed by atoms with Crippen LogP contribution in [-0.4, -0.2) is 17.6 Å². The maximum atomic E-state index is 12.9. The van der Waals surface area contributed by atoms with Crippen LogP contribution in [0.2, 0.25) is 0 Å². The number of halogens is 3. The third kappa shape index (κ3) is 2.24. The number of nitrogens with two attached hydrogens (primary N) is 1. The highest BCUT2D eigenvalue weighted by Gasteiger charge is 2.37. The number of hydrogen-bond donors (Lipinski definition) is 2. The SMILES string of the molecule is N[C@H](c1cccc(F)c1)C(F)(F)CO. The molecular weight excluding hydrogens is 195 g/mol. The lowest BCUT2D eigenvalue weighted by atomic mass is 10.0. The predicted molar refractivity (Wildman–Crippen MR) is 45.4 cm³/mol. The van der Waals surface area contributed by atoms with Gasteiger partial charge in [-0.25, -0.2) is 13.2 Å². The van der Waals surface area contributed by atoms with Gasteiger partial charge in [-0.1, -0.05) is 12.1 Å². The van der Waals surface area contributed by atoms with Crippen LogP contribution in [0.25, 0.3) is 0 Å². The van der Waals surface area contributed by atoms with E-state index in [0.29, 0.717) is 0 Å². The topological polar surface area (TPSA) is 46.2 Å². The van der Waals surface area contributed by atoms with Gasteiger partial charge < -0.3 is 10.8 Å². The smallest absolute Gasteiger partial charge is 0.289 e. The summed E-state index contributed by atoms with van der Waals surface area (Å²) in [6.07, 6.45) is 0. The van der Waals surface area contributed by atoms with E-state index in [2.05, 4.69) is 0 Å². The Labute approximate surface area is 79.2 Å². The van der Waals surface area contributed by atoms with E-state index in [9.17, 15) is 13.2 Å². The van der Waals surface area contributed by atoms with E-state index in [0.717, 1.165) is 12.1 Å². The molecule has 5 heteroatoms. The fourth-order valence-corrected chi connectivity index (χ4v) is 1.04. The monoisotopic (exact) mass is 205 g/mol. The molecule has 3 N–H and O–H groups in total. The minimum Gasteiger partial charge on any atom is -0.390 e. The molecule has 0 aliphatic rings. The standard InChI is InChI=1S/C9H10F3NO/c10-7-3-1-2-6(4-7)8(13)9(11,12)5-14/h1-4,8,14H,5,13H2/t8-/m1/s1. The molecule has 0 saturated heterocycles. The first kappa shape index (κ1) is 11.0. The van der Waals surface area contributed by atoms with Crippen molar-refractivity contribution in [1.29, 1.82) is 0 Å². The van der Waals surface area contributed by atoms with Gasteiger partial charge in [0.15, 0.2) is 0 Å². The summed E-state index contributed by atoms with van der Waals surface area (Å²) < 4.78 is 38.4. The first-order chi connectivity index (χ1) is 6.47. The third-order valence-corrected chi connectivity index (χ3v) is 1.87. The highest BCUT2D eigenvalue weighted by molar-refractivity contribution is 5.21. The minimum atomic E-state index is -3.44. The Hall–Kier alpha value is -1.07. The lowest BCUT2D eigenvalue weighted by Gasteiger charge is -2.21. The van der Waals surface area contributed by atoms with Crippen molar-refractivity contribution >= 4 is 0 Å². The van der Waals surface area contributed by atoms with Crippen molar-refractivity contribution < 1.29 is 18.3 Å². The highest BCUT2D eigenvalue weighted by Crippen LogP contribution is 2.28. The average molecular weight is 205 g/mol. The normalized spacial score (nSPS) is 14.1. The van der Waals surface area contributed by atoms with Gasteiger partial charge in [-0.15, -0.1) is 0 Å². The second-order valence-electron chi connectivity index (χ2n) is 2.95. The van der Waals surface area contributed by atoms with Crippen LogP contribution in [0.4, 0.5) is 13.2 Å². The summed E-state index contributed by atoms with van der Waals surface area (Å²) in [6, 6.07) is 2.94. The van der Waals surface area contributed by atoms with Crippen LogP contribution in [0.3, 0.4) is 0 Å². The van der Waals surface area contributed by atoms with Crippen LogP contribution in [0.1, 0.15) is 11.6 Å². The summed E-state index contributed by atoms with van der Waals surface area (Å²) >= 11 is 0. The molecule has 0 fully saturated rings. The van der Waals surface area contributed by atoms with E-state index in [1.54, 1.807) is 0 Å². The van der Waals surface area contributed by atoms with Crippen LogP contribution in [-0.2, 0) is 0 Å². The van der Waals surface area contributed by atoms with E-state index in [1.807, 2.05) is 0 Å². The quantitative estimate of drug-likeness (QED) is 0.784. The van der Waals surface area contributed by atoms with Gasteiger partial charge in [-0.05, 0) is 17.7 Å². The Morgan fingerprint density at radius 2 is 2.07 bits per heavy atom. The van der Waals surface area contributed by atoms with Crippen LogP contribution in [0, 0.1) is 5.82 Å². The number of aliphatic hydroxyl groups is 1. The molecule has 2 nitrogen and oxygen atoms in total. The molecular formula is C9H10F3NO. The van der Waals surface area contributed by atoms with Gasteiger partial charge in [0.2, 0.25) is 0 Å². The predicted octanol–water partition coefficient (Wildman–Crippen LogP) is 1.45.